The lowest BCUT2D eigenvalue weighted by Crippen LogP contribution is -2.33. The molecule has 0 unspecified atom stereocenters. The van der Waals surface area contributed by atoms with Gasteiger partial charge in [0, 0.05) is 24.0 Å². The van der Waals surface area contributed by atoms with E-state index in [1.807, 2.05) is 0 Å². The van der Waals surface area contributed by atoms with Crippen molar-refractivity contribution in [1.29, 1.82) is 0 Å². The Morgan fingerprint density at radius 3 is 3.00 bits per heavy atom. The molecule has 1 fully saturated rings. The summed E-state index contributed by atoms with van der Waals surface area (Å²) in [5.41, 5.74) is 0.473. The molecule has 0 aliphatic carbocycles. The summed E-state index contributed by atoms with van der Waals surface area (Å²) in [6.45, 7) is 4.15. The highest BCUT2D eigenvalue weighted by Crippen LogP contribution is 2.16. The normalized spacial score (nSPS) is 17.2. The molecule has 0 radical (unpaired) electrons. The zero-order valence-corrected chi connectivity index (χ0v) is 12.4. The van der Waals surface area contributed by atoms with E-state index in [1.54, 1.807) is 12.1 Å². The van der Waals surface area contributed by atoms with Crippen LogP contribution < -0.4 is 5.32 Å². The molecular formula is C14H18BrFN2O. The van der Waals surface area contributed by atoms with Crippen LogP contribution >= 0.6 is 15.9 Å². The van der Waals surface area contributed by atoms with E-state index in [1.165, 1.54) is 6.07 Å². The van der Waals surface area contributed by atoms with E-state index in [2.05, 4.69) is 26.1 Å². The quantitative estimate of drug-likeness (QED) is 0.917. The van der Waals surface area contributed by atoms with E-state index in [-0.39, 0.29) is 18.0 Å². The lowest BCUT2D eigenvalue weighted by molar-refractivity contribution is -0.119. The van der Waals surface area contributed by atoms with Crippen molar-refractivity contribution in [2.24, 2.45) is 0 Å². The Labute approximate surface area is 121 Å². The molecule has 3 nitrogen and oxygen atoms in total. The van der Waals surface area contributed by atoms with Gasteiger partial charge in [-0.15, -0.1) is 0 Å². The molecule has 2 rings (SSSR count). The van der Waals surface area contributed by atoms with Gasteiger partial charge in [0.25, 0.3) is 0 Å². The fraction of sp³-hybridized carbons (Fsp3) is 0.500. The van der Waals surface area contributed by atoms with Crippen LogP contribution in [0.1, 0.15) is 12.0 Å². The van der Waals surface area contributed by atoms with Gasteiger partial charge in [-0.3, -0.25) is 9.69 Å². The molecular weight excluding hydrogens is 311 g/mol. The molecule has 1 aliphatic heterocycles. The van der Waals surface area contributed by atoms with Crippen molar-refractivity contribution < 1.29 is 9.18 Å². The first kappa shape index (κ1) is 14.6. The number of Topliss-reactive ketones (excluding diaryl/α,β-unsaturated/α-hetero) is 1. The van der Waals surface area contributed by atoms with E-state index in [9.17, 15) is 9.18 Å². The minimum atomic E-state index is -0.319. The van der Waals surface area contributed by atoms with Crippen LogP contribution in [0.2, 0.25) is 0 Å². The molecule has 1 saturated heterocycles. The van der Waals surface area contributed by atoms with Gasteiger partial charge in [-0.05, 0) is 37.2 Å². The van der Waals surface area contributed by atoms with Gasteiger partial charge in [-0.2, -0.15) is 0 Å². The molecule has 1 aromatic carbocycles. The maximum atomic E-state index is 13.6. The number of nitrogens with zero attached hydrogens (tertiary/aromatic N) is 1. The summed E-state index contributed by atoms with van der Waals surface area (Å²) >= 11 is 3.21. The first-order valence-electron chi connectivity index (χ1n) is 6.54. The van der Waals surface area contributed by atoms with Gasteiger partial charge in [0.15, 0.2) is 5.78 Å². The van der Waals surface area contributed by atoms with Crippen LogP contribution in [0.25, 0.3) is 0 Å². The number of nitrogens with one attached hydrogen (secondary N) is 1. The minimum Gasteiger partial charge on any atom is -0.315 e. The van der Waals surface area contributed by atoms with Crippen molar-refractivity contribution in [2.45, 2.75) is 12.8 Å². The largest absolute Gasteiger partial charge is 0.315 e. The first-order chi connectivity index (χ1) is 9.15. The van der Waals surface area contributed by atoms with Crippen LogP contribution in [0.15, 0.2) is 22.7 Å². The Bertz CT molecular complexity index is 445. The molecule has 0 atom stereocenters. The number of ketones is 1. The molecule has 0 saturated carbocycles. The van der Waals surface area contributed by atoms with Crippen LogP contribution in [0.4, 0.5) is 4.39 Å². The summed E-state index contributed by atoms with van der Waals surface area (Å²) in [7, 11) is 0. The molecule has 5 heteroatoms. The number of hydrogen-bond acceptors (Lipinski definition) is 3. The number of benzene rings is 1. The van der Waals surface area contributed by atoms with Gasteiger partial charge >= 0.3 is 0 Å². The van der Waals surface area contributed by atoms with Crippen molar-refractivity contribution in [3.8, 4) is 0 Å². The van der Waals surface area contributed by atoms with Crippen molar-refractivity contribution in [3.63, 3.8) is 0 Å². The van der Waals surface area contributed by atoms with E-state index in [0.717, 1.165) is 32.6 Å². The molecule has 1 N–H and O–H groups in total. The Hall–Kier alpha value is -0.780. The van der Waals surface area contributed by atoms with E-state index < -0.39 is 0 Å². The number of hydrogen-bond donors (Lipinski definition) is 1. The molecule has 0 spiro atoms. The van der Waals surface area contributed by atoms with E-state index in [4.69, 9.17) is 0 Å². The van der Waals surface area contributed by atoms with Crippen LogP contribution in [0.3, 0.4) is 0 Å². The average molecular weight is 329 g/mol. The second-order valence-electron chi connectivity index (χ2n) is 4.83. The van der Waals surface area contributed by atoms with Gasteiger partial charge in [0.1, 0.15) is 5.82 Å². The van der Waals surface area contributed by atoms with Crippen molar-refractivity contribution in [3.05, 3.63) is 34.1 Å². The molecule has 1 heterocycles. The third-order valence-electron chi connectivity index (χ3n) is 3.24. The maximum absolute atomic E-state index is 13.6. The molecule has 19 heavy (non-hydrogen) atoms. The van der Waals surface area contributed by atoms with Crippen molar-refractivity contribution in [2.75, 3.05) is 32.7 Å². The summed E-state index contributed by atoms with van der Waals surface area (Å²) < 4.78 is 14.3. The second-order valence-corrected chi connectivity index (χ2v) is 5.75. The third kappa shape index (κ3) is 4.67. The van der Waals surface area contributed by atoms with Gasteiger partial charge in [0.2, 0.25) is 0 Å². The van der Waals surface area contributed by atoms with Crippen LogP contribution in [-0.4, -0.2) is 43.4 Å². The highest BCUT2D eigenvalue weighted by Gasteiger charge is 2.14. The average Bonchev–Trinajstić information content (AvgIpc) is 2.61. The van der Waals surface area contributed by atoms with Gasteiger partial charge in [-0.1, -0.05) is 22.0 Å². The lowest BCUT2D eigenvalue weighted by Gasteiger charge is -2.18. The summed E-state index contributed by atoms with van der Waals surface area (Å²) in [6, 6.07) is 4.83. The summed E-state index contributed by atoms with van der Waals surface area (Å²) in [4.78, 5) is 14.1. The molecule has 0 amide bonds. The zero-order chi connectivity index (χ0) is 13.7. The highest BCUT2D eigenvalue weighted by molar-refractivity contribution is 9.10. The fourth-order valence-electron chi connectivity index (χ4n) is 2.24. The van der Waals surface area contributed by atoms with Gasteiger partial charge in [0.05, 0.1) is 6.54 Å². The molecule has 1 aliphatic rings. The predicted molar refractivity (Wildman–Crippen MR) is 76.7 cm³/mol. The molecule has 0 bridgehead atoms. The summed E-state index contributed by atoms with van der Waals surface area (Å²) in [5.74, 6) is -0.247. The number of rotatable bonds is 4. The zero-order valence-electron chi connectivity index (χ0n) is 10.8. The van der Waals surface area contributed by atoms with Crippen LogP contribution in [-0.2, 0) is 11.2 Å². The Morgan fingerprint density at radius 1 is 1.37 bits per heavy atom. The molecule has 1 aromatic rings. The Morgan fingerprint density at radius 2 is 2.21 bits per heavy atom. The van der Waals surface area contributed by atoms with E-state index >= 15 is 0 Å². The van der Waals surface area contributed by atoms with Crippen LogP contribution in [0.5, 0.6) is 0 Å². The molecule has 0 aromatic heterocycles. The van der Waals surface area contributed by atoms with Crippen molar-refractivity contribution >= 4 is 21.7 Å². The second kappa shape index (κ2) is 7.12. The van der Waals surface area contributed by atoms with Gasteiger partial charge in [-0.25, -0.2) is 4.39 Å². The SMILES string of the molecule is O=C(Cc1ccc(Br)cc1F)CN1CCCNCC1. The maximum Gasteiger partial charge on any atom is 0.151 e. The standard InChI is InChI=1S/C14H18BrFN2O/c15-12-3-2-11(14(16)9-12)8-13(19)10-18-6-1-4-17-5-7-18/h2-3,9,17H,1,4-8,10H2. The number of halogens is 2. The summed E-state index contributed by atoms with van der Waals surface area (Å²) in [6.07, 6.45) is 1.23. The minimum absolute atomic E-state index is 0.0723. The van der Waals surface area contributed by atoms with Crippen molar-refractivity contribution in [1.82, 2.24) is 10.2 Å². The lowest BCUT2D eigenvalue weighted by atomic mass is 10.1. The Balaban J connectivity index is 1.89. The third-order valence-corrected chi connectivity index (χ3v) is 3.73. The smallest absolute Gasteiger partial charge is 0.151 e. The monoisotopic (exact) mass is 328 g/mol. The number of carbonyl (C=O) groups excluding carboxylic acids is 1. The summed E-state index contributed by atoms with van der Waals surface area (Å²) in [5, 5.41) is 3.30. The Kier molecular flexibility index (Phi) is 5.48. The van der Waals surface area contributed by atoms with Gasteiger partial charge < -0.3 is 5.32 Å². The number of carbonyl (C=O) groups is 1. The predicted octanol–water partition coefficient (Wildman–Crippen LogP) is 2.00. The topological polar surface area (TPSA) is 32.3 Å². The first-order valence-corrected chi connectivity index (χ1v) is 7.33. The fourth-order valence-corrected chi connectivity index (χ4v) is 2.58. The highest BCUT2D eigenvalue weighted by atomic mass is 79.9. The van der Waals surface area contributed by atoms with Crippen LogP contribution in [0, 0.1) is 5.82 Å². The van der Waals surface area contributed by atoms with E-state index in [0.29, 0.717) is 16.6 Å². The molecule has 104 valence electrons.